The lowest BCUT2D eigenvalue weighted by Gasteiger charge is -2.34. The number of imidazole rings is 2. The number of phosphoric ester groups is 1. The number of rotatable bonds is 2. The largest absolute Gasteiger partial charge is 0.756 e. The number of nitrogens with one attached hydrogen (secondary N) is 1. The quantitative estimate of drug-likeness (QED) is 0.412. The van der Waals surface area contributed by atoms with Gasteiger partial charge in [-0.1, -0.05) is 30.3 Å². The zero-order valence-corrected chi connectivity index (χ0v) is 16.6. The Morgan fingerprint density at radius 1 is 1.29 bits per heavy atom. The van der Waals surface area contributed by atoms with E-state index in [0.717, 1.165) is 5.56 Å². The number of aliphatic hydroxyl groups excluding tert-OH is 1. The van der Waals surface area contributed by atoms with Crippen molar-refractivity contribution in [2.75, 3.05) is 6.61 Å². The van der Waals surface area contributed by atoms with E-state index in [0.29, 0.717) is 5.69 Å². The van der Waals surface area contributed by atoms with Crippen LogP contribution < -0.4 is 10.5 Å². The summed E-state index contributed by atoms with van der Waals surface area (Å²) in [7, 11) is -4.50. The fourth-order valence-corrected chi connectivity index (χ4v) is 4.93. The number of phosphoric acid groups is 1. The summed E-state index contributed by atoms with van der Waals surface area (Å²) in [4.78, 5) is 36.3. The molecule has 4 aromatic rings. The van der Waals surface area contributed by atoms with Crippen LogP contribution in [0.2, 0.25) is 0 Å². The molecule has 5 heterocycles. The van der Waals surface area contributed by atoms with Crippen LogP contribution in [-0.2, 0) is 18.3 Å². The van der Waals surface area contributed by atoms with E-state index >= 15 is 0 Å². The molecule has 2 aliphatic heterocycles. The Hall–Kier alpha value is -2.86. The number of hydrogen-bond donors (Lipinski definition) is 2. The molecular formula is C18H15N5O7P-. The molecule has 0 bridgehead atoms. The Bertz CT molecular complexity index is 1410. The SMILES string of the molecule is O=c1c2ncn(C3OC4COP(=O)([O-])OC4C3O)c2nc2[nH]c(-c3ccccc3)cn12. The van der Waals surface area contributed by atoms with Crippen molar-refractivity contribution >= 4 is 24.8 Å². The zero-order valence-electron chi connectivity index (χ0n) is 15.7. The lowest BCUT2D eigenvalue weighted by atomic mass is 10.1. The molecular weight excluding hydrogens is 429 g/mol. The van der Waals surface area contributed by atoms with E-state index in [1.54, 1.807) is 6.20 Å². The third-order valence-electron chi connectivity index (χ3n) is 5.45. The van der Waals surface area contributed by atoms with Gasteiger partial charge in [-0.2, -0.15) is 4.98 Å². The molecule has 3 aromatic heterocycles. The Morgan fingerprint density at radius 2 is 2.10 bits per heavy atom. The molecule has 2 fully saturated rings. The van der Waals surface area contributed by atoms with Crippen molar-refractivity contribution in [2.24, 2.45) is 0 Å². The Kier molecular flexibility index (Phi) is 4.00. The molecule has 160 valence electrons. The van der Waals surface area contributed by atoms with Crippen LogP contribution in [0.3, 0.4) is 0 Å². The number of H-pyrrole nitrogens is 1. The number of fused-ring (bicyclic) bond motifs is 3. The molecule has 0 spiro atoms. The first kappa shape index (κ1) is 18.9. The van der Waals surface area contributed by atoms with Crippen molar-refractivity contribution in [1.82, 2.24) is 23.9 Å². The summed E-state index contributed by atoms with van der Waals surface area (Å²) in [6.07, 6.45) is -1.35. The van der Waals surface area contributed by atoms with Gasteiger partial charge in [-0.05, 0) is 5.56 Å². The van der Waals surface area contributed by atoms with E-state index in [-0.39, 0.29) is 23.5 Å². The van der Waals surface area contributed by atoms with Crippen molar-refractivity contribution in [3.05, 3.63) is 53.2 Å². The number of hydrogen-bond acceptors (Lipinski definition) is 9. The predicted octanol–water partition coefficient (Wildman–Crippen LogP) is 0.181. The number of benzene rings is 1. The zero-order chi connectivity index (χ0) is 21.3. The van der Waals surface area contributed by atoms with Gasteiger partial charge in [0, 0.05) is 6.20 Å². The molecule has 5 atom stereocenters. The molecule has 5 unspecified atom stereocenters. The number of aromatic nitrogens is 5. The van der Waals surface area contributed by atoms with Crippen LogP contribution in [-0.4, -0.2) is 53.9 Å². The van der Waals surface area contributed by atoms with E-state index in [1.807, 2.05) is 30.3 Å². The minimum atomic E-state index is -4.50. The van der Waals surface area contributed by atoms with Gasteiger partial charge >= 0.3 is 0 Å². The highest BCUT2D eigenvalue weighted by atomic mass is 31.2. The Balaban J connectivity index is 1.44. The summed E-state index contributed by atoms with van der Waals surface area (Å²) in [5.41, 5.74) is 1.44. The average Bonchev–Trinajstić information content (AvgIpc) is 3.45. The molecule has 0 aliphatic carbocycles. The van der Waals surface area contributed by atoms with Gasteiger partial charge in [-0.3, -0.25) is 13.9 Å². The van der Waals surface area contributed by atoms with E-state index in [2.05, 4.69) is 19.5 Å². The summed E-state index contributed by atoms with van der Waals surface area (Å²) in [6.45, 7) is -0.275. The first-order valence-electron chi connectivity index (χ1n) is 9.42. The fraction of sp³-hybridized carbons (Fsp3) is 0.278. The van der Waals surface area contributed by atoms with Gasteiger partial charge in [0.25, 0.3) is 13.4 Å². The van der Waals surface area contributed by atoms with Crippen molar-refractivity contribution in [3.8, 4) is 11.3 Å². The van der Waals surface area contributed by atoms with Gasteiger partial charge in [-0.15, -0.1) is 0 Å². The average molecular weight is 444 g/mol. The number of aliphatic hydroxyl groups is 1. The summed E-state index contributed by atoms with van der Waals surface area (Å²) in [5.74, 6) is 0.284. The predicted molar refractivity (Wildman–Crippen MR) is 103 cm³/mol. The van der Waals surface area contributed by atoms with Crippen molar-refractivity contribution in [3.63, 3.8) is 0 Å². The molecule has 31 heavy (non-hydrogen) atoms. The van der Waals surface area contributed by atoms with Crippen LogP contribution in [0.15, 0.2) is 47.7 Å². The van der Waals surface area contributed by atoms with Crippen LogP contribution in [0.1, 0.15) is 6.23 Å². The highest BCUT2D eigenvalue weighted by Crippen LogP contribution is 2.49. The van der Waals surface area contributed by atoms with Gasteiger partial charge in [0.1, 0.15) is 18.3 Å². The molecule has 0 amide bonds. The van der Waals surface area contributed by atoms with Gasteiger partial charge in [0.15, 0.2) is 17.4 Å². The van der Waals surface area contributed by atoms with Crippen LogP contribution in [0, 0.1) is 0 Å². The van der Waals surface area contributed by atoms with Crippen LogP contribution in [0.5, 0.6) is 0 Å². The smallest absolute Gasteiger partial charge is 0.287 e. The van der Waals surface area contributed by atoms with E-state index in [4.69, 9.17) is 9.26 Å². The summed E-state index contributed by atoms with van der Waals surface area (Å²) < 4.78 is 29.6. The number of nitrogens with zero attached hydrogens (tertiary/aromatic N) is 4. The Labute approximate surface area is 173 Å². The van der Waals surface area contributed by atoms with Gasteiger partial charge in [0.2, 0.25) is 5.78 Å². The highest BCUT2D eigenvalue weighted by Gasteiger charge is 2.50. The van der Waals surface area contributed by atoms with Crippen LogP contribution in [0.25, 0.3) is 28.2 Å². The molecule has 13 heteroatoms. The first-order chi connectivity index (χ1) is 14.9. The number of ether oxygens (including phenoxy) is 1. The van der Waals surface area contributed by atoms with Crippen molar-refractivity contribution in [1.29, 1.82) is 0 Å². The molecule has 2 N–H and O–H groups in total. The molecule has 6 rings (SSSR count). The monoisotopic (exact) mass is 444 g/mol. The second-order valence-electron chi connectivity index (χ2n) is 7.34. The molecule has 2 saturated heterocycles. The normalized spacial score (nSPS) is 30.8. The topological polar surface area (TPSA) is 156 Å². The molecule has 0 radical (unpaired) electrons. The minimum absolute atomic E-state index is 0.0773. The molecule has 1 aromatic carbocycles. The van der Waals surface area contributed by atoms with Gasteiger partial charge in [-0.25, -0.2) is 9.38 Å². The van der Waals surface area contributed by atoms with E-state index < -0.39 is 37.9 Å². The maximum Gasteiger partial charge on any atom is 0.287 e. The molecule has 0 saturated carbocycles. The fourth-order valence-electron chi connectivity index (χ4n) is 3.98. The van der Waals surface area contributed by atoms with Gasteiger partial charge in [0.05, 0.1) is 18.6 Å². The maximum atomic E-state index is 13.0. The van der Waals surface area contributed by atoms with E-state index in [1.165, 1.54) is 15.3 Å². The Morgan fingerprint density at radius 3 is 2.90 bits per heavy atom. The van der Waals surface area contributed by atoms with Crippen molar-refractivity contribution in [2.45, 2.75) is 24.5 Å². The second-order valence-corrected chi connectivity index (χ2v) is 8.70. The van der Waals surface area contributed by atoms with Crippen molar-refractivity contribution < 1.29 is 28.3 Å². The molecule has 2 aliphatic rings. The second kappa shape index (κ2) is 6.57. The third kappa shape index (κ3) is 2.88. The lowest BCUT2D eigenvalue weighted by Crippen LogP contribution is -2.41. The standard InChI is InChI=1S/C18H16N5O7P/c24-13-14-11(7-28-31(26,27)30-14)29-17(13)23-8-19-12-15(23)21-18-20-10(6-22(18)16(12)25)9-4-2-1-3-5-9/h1-6,8,11,13-14,17,24H,7H2,(H,20,21)(H,26,27)/p-1. The minimum Gasteiger partial charge on any atom is -0.756 e. The first-order valence-corrected chi connectivity index (χ1v) is 10.9. The number of aromatic amines is 1. The van der Waals surface area contributed by atoms with E-state index in [9.17, 15) is 19.4 Å². The maximum absolute atomic E-state index is 13.0. The summed E-state index contributed by atoms with van der Waals surface area (Å²) >= 11 is 0. The lowest BCUT2D eigenvalue weighted by molar-refractivity contribution is -0.245. The molecule has 12 nitrogen and oxygen atoms in total. The summed E-state index contributed by atoms with van der Waals surface area (Å²) in [5, 5.41) is 10.6. The summed E-state index contributed by atoms with van der Waals surface area (Å²) in [6, 6.07) is 9.45. The van der Waals surface area contributed by atoms with Crippen LogP contribution >= 0.6 is 7.82 Å². The van der Waals surface area contributed by atoms with Crippen LogP contribution in [0.4, 0.5) is 0 Å². The highest BCUT2D eigenvalue weighted by molar-refractivity contribution is 7.45. The third-order valence-corrected chi connectivity index (χ3v) is 6.42. The van der Waals surface area contributed by atoms with Gasteiger partial charge < -0.3 is 28.8 Å².